The minimum absolute atomic E-state index is 0.0741. The number of carbonyl (C=O) groups is 1. The lowest BCUT2D eigenvalue weighted by atomic mass is 9.96. The van der Waals surface area contributed by atoms with Crippen molar-refractivity contribution in [3.63, 3.8) is 0 Å². The molecule has 136 valence electrons. The molecule has 1 amide bonds. The van der Waals surface area contributed by atoms with Crippen LogP contribution in [0.15, 0.2) is 23.1 Å². The lowest BCUT2D eigenvalue weighted by Gasteiger charge is -2.33. The van der Waals surface area contributed by atoms with Gasteiger partial charge in [-0.2, -0.15) is 9.57 Å². The van der Waals surface area contributed by atoms with Gasteiger partial charge in [0.15, 0.2) is 0 Å². The molecule has 2 rings (SSSR count). The van der Waals surface area contributed by atoms with E-state index in [2.05, 4.69) is 0 Å². The summed E-state index contributed by atoms with van der Waals surface area (Å²) in [7, 11) is -3.68. The van der Waals surface area contributed by atoms with Crippen LogP contribution in [0.4, 0.5) is 0 Å². The van der Waals surface area contributed by atoms with Crippen molar-refractivity contribution in [2.45, 2.75) is 31.6 Å². The maximum atomic E-state index is 12.8. The lowest BCUT2D eigenvalue weighted by molar-refractivity contribution is -0.136. The number of hydrogen-bond acceptors (Lipinski definition) is 4. The minimum atomic E-state index is -3.68. The first kappa shape index (κ1) is 19.7. The zero-order chi connectivity index (χ0) is 18.6. The number of sulfonamides is 1. The molecule has 1 fully saturated rings. The monoisotopic (exact) mass is 383 g/mol. The number of hydrogen-bond donors (Lipinski definition) is 0. The van der Waals surface area contributed by atoms with Crippen LogP contribution in [0.25, 0.3) is 0 Å². The van der Waals surface area contributed by atoms with Gasteiger partial charge < -0.3 is 4.90 Å². The molecule has 1 heterocycles. The van der Waals surface area contributed by atoms with Crippen LogP contribution in [0.2, 0.25) is 5.02 Å². The number of piperidine rings is 1. The molecule has 6 nitrogen and oxygen atoms in total. The van der Waals surface area contributed by atoms with Crippen molar-refractivity contribution in [2.24, 2.45) is 5.92 Å². The third-order valence-corrected chi connectivity index (χ3v) is 6.78. The maximum absolute atomic E-state index is 12.8. The smallest absolute Gasteiger partial charge is 0.243 e. The Bertz CT molecular complexity index is 777. The molecule has 0 N–H and O–H groups in total. The molecule has 0 spiro atoms. The van der Waals surface area contributed by atoms with Gasteiger partial charge in [0, 0.05) is 32.1 Å². The molecule has 0 unspecified atom stereocenters. The average molecular weight is 384 g/mol. The zero-order valence-electron chi connectivity index (χ0n) is 14.4. The standard InChI is InChI=1S/C17H22ClN3O3S/c1-3-20(4-2)17(22)13-7-9-21(10-8-13)25(23,24)15-6-5-14(12-19)16(18)11-15/h5-6,11,13H,3-4,7-10H2,1-2H3. The molecule has 0 saturated carbocycles. The molecule has 1 saturated heterocycles. The van der Waals surface area contributed by atoms with Crippen LogP contribution in [0.3, 0.4) is 0 Å². The van der Waals surface area contributed by atoms with Gasteiger partial charge in [0.1, 0.15) is 6.07 Å². The fourth-order valence-corrected chi connectivity index (χ4v) is 4.82. The molecule has 0 aliphatic carbocycles. The Hall–Kier alpha value is -1.62. The number of amides is 1. The van der Waals surface area contributed by atoms with Crippen molar-refractivity contribution in [3.8, 4) is 6.07 Å². The van der Waals surface area contributed by atoms with Gasteiger partial charge in [-0.1, -0.05) is 11.6 Å². The topological polar surface area (TPSA) is 81.5 Å². The van der Waals surface area contributed by atoms with Crippen molar-refractivity contribution < 1.29 is 13.2 Å². The Morgan fingerprint density at radius 3 is 2.40 bits per heavy atom. The molecule has 0 bridgehead atoms. The van der Waals surface area contributed by atoms with Crippen LogP contribution < -0.4 is 0 Å². The Morgan fingerprint density at radius 2 is 1.92 bits per heavy atom. The molecule has 0 aromatic heterocycles. The van der Waals surface area contributed by atoms with Gasteiger partial charge in [0.2, 0.25) is 15.9 Å². The summed E-state index contributed by atoms with van der Waals surface area (Å²) in [6.07, 6.45) is 1.02. The second-order valence-electron chi connectivity index (χ2n) is 5.94. The van der Waals surface area contributed by atoms with E-state index < -0.39 is 10.0 Å². The maximum Gasteiger partial charge on any atom is 0.243 e. The van der Waals surface area contributed by atoms with Crippen LogP contribution in [-0.4, -0.2) is 49.7 Å². The highest BCUT2D eigenvalue weighted by Gasteiger charge is 2.33. The summed E-state index contributed by atoms with van der Waals surface area (Å²) in [6.45, 7) is 5.82. The number of benzene rings is 1. The molecule has 25 heavy (non-hydrogen) atoms. The summed E-state index contributed by atoms with van der Waals surface area (Å²) in [6, 6.07) is 6.02. The SMILES string of the molecule is CCN(CC)C(=O)C1CCN(S(=O)(=O)c2ccc(C#N)c(Cl)c2)CC1. The van der Waals surface area contributed by atoms with Crippen LogP contribution in [0.5, 0.6) is 0 Å². The van der Waals surface area contributed by atoms with Gasteiger partial charge in [0.25, 0.3) is 0 Å². The van der Waals surface area contributed by atoms with Gasteiger partial charge >= 0.3 is 0 Å². The highest BCUT2D eigenvalue weighted by molar-refractivity contribution is 7.89. The third kappa shape index (κ3) is 4.14. The first-order chi connectivity index (χ1) is 11.8. The lowest BCUT2D eigenvalue weighted by Crippen LogP contribution is -2.44. The Balaban J connectivity index is 2.10. The van der Waals surface area contributed by atoms with Crippen LogP contribution >= 0.6 is 11.6 Å². The van der Waals surface area contributed by atoms with Crippen LogP contribution in [-0.2, 0) is 14.8 Å². The van der Waals surface area contributed by atoms with E-state index in [1.807, 2.05) is 19.9 Å². The molecule has 1 aromatic rings. The fourth-order valence-electron chi connectivity index (χ4n) is 3.03. The van der Waals surface area contributed by atoms with Crippen LogP contribution in [0, 0.1) is 17.2 Å². The van der Waals surface area contributed by atoms with Crippen molar-refractivity contribution in [2.75, 3.05) is 26.2 Å². The Morgan fingerprint density at radius 1 is 1.32 bits per heavy atom. The zero-order valence-corrected chi connectivity index (χ0v) is 16.0. The number of carbonyl (C=O) groups excluding carboxylic acids is 1. The molecule has 0 radical (unpaired) electrons. The van der Waals surface area contributed by atoms with E-state index in [9.17, 15) is 13.2 Å². The molecular formula is C17H22ClN3O3S. The summed E-state index contributed by atoms with van der Waals surface area (Å²) < 4.78 is 26.9. The molecule has 0 atom stereocenters. The predicted octanol–water partition coefficient (Wildman–Crippen LogP) is 2.48. The van der Waals surface area contributed by atoms with Gasteiger partial charge in [-0.05, 0) is 44.9 Å². The van der Waals surface area contributed by atoms with E-state index in [0.29, 0.717) is 39.0 Å². The van der Waals surface area contributed by atoms with Gasteiger partial charge in [-0.3, -0.25) is 4.79 Å². The molecule has 1 aliphatic rings. The number of nitrogens with zero attached hydrogens (tertiary/aromatic N) is 3. The second-order valence-corrected chi connectivity index (χ2v) is 8.29. The fraction of sp³-hybridized carbons (Fsp3) is 0.529. The molecule has 1 aliphatic heterocycles. The quantitative estimate of drug-likeness (QED) is 0.782. The normalized spacial score (nSPS) is 16.4. The number of halogens is 1. The number of rotatable bonds is 5. The minimum Gasteiger partial charge on any atom is -0.343 e. The van der Waals surface area contributed by atoms with E-state index in [-0.39, 0.29) is 27.3 Å². The summed E-state index contributed by atoms with van der Waals surface area (Å²) in [5.41, 5.74) is 0.240. The summed E-state index contributed by atoms with van der Waals surface area (Å²) in [5, 5.41) is 9.02. The predicted molar refractivity (Wildman–Crippen MR) is 95.6 cm³/mol. The first-order valence-electron chi connectivity index (χ1n) is 8.33. The van der Waals surface area contributed by atoms with E-state index in [4.69, 9.17) is 16.9 Å². The average Bonchev–Trinajstić information content (AvgIpc) is 2.62. The van der Waals surface area contributed by atoms with Crippen molar-refractivity contribution in [1.29, 1.82) is 5.26 Å². The Labute approximate surface area is 154 Å². The summed E-state index contributed by atoms with van der Waals surface area (Å²) in [4.78, 5) is 14.3. The largest absolute Gasteiger partial charge is 0.343 e. The first-order valence-corrected chi connectivity index (χ1v) is 10.2. The van der Waals surface area contributed by atoms with Crippen molar-refractivity contribution >= 4 is 27.5 Å². The highest BCUT2D eigenvalue weighted by Crippen LogP contribution is 2.27. The highest BCUT2D eigenvalue weighted by atomic mass is 35.5. The van der Waals surface area contributed by atoms with Crippen molar-refractivity contribution in [3.05, 3.63) is 28.8 Å². The molecular weight excluding hydrogens is 362 g/mol. The van der Waals surface area contributed by atoms with E-state index in [1.165, 1.54) is 22.5 Å². The summed E-state index contributed by atoms with van der Waals surface area (Å²) >= 11 is 5.95. The van der Waals surface area contributed by atoms with Gasteiger partial charge in [0.05, 0.1) is 15.5 Å². The summed E-state index contributed by atoms with van der Waals surface area (Å²) in [5.74, 6) is -0.0284. The van der Waals surface area contributed by atoms with E-state index in [0.717, 1.165) is 0 Å². The molecule has 8 heteroatoms. The van der Waals surface area contributed by atoms with Gasteiger partial charge in [-0.15, -0.1) is 0 Å². The van der Waals surface area contributed by atoms with Crippen LogP contribution in [0.1, 0.15) is 32.3 Å². The van der Waals surface area contributed by atoms with Gasteiger partial charge in [-0.25, -0.2) is 8.42 Å². The third-order valence-electron chi connectivity index (χ3n) is 4.58. The molecule has 1 aromatic carbocycles. The van der Waals surface area contributed by atoms with E-state index in [1.54, 1.807) is 4.90 Å². The van der Waals surface area contributed by atoms with Crippen molar-refractivity contribution in [1.82, 2.24) is 9.21 Å². The number of nitriles is 1. The Kier molecular flexibility index (Phi) is 6.44. The second kappa shape index (κ2) is 8.17. The van der Waals surface area contributed by atoms with E-state index >= 15 is 0 Å².